The Bertz CT molecular complexity index is 742. The number of nitrogens with zero attached hydrogens (tertiary/aromatic N) is 1. The van der Waals surface area contributed by atoms with Gasteiger partial charge in [0.1, 0.15) is 5.75 Å². The van der Waals surface area contributed by atoms with E-state index < -0.39 is 4.92 Å². The molecule has 0 radical (unpaired) electrons. The van der Waals surface area contributed by atoms with Crippen molar-refractivity contribution in [3.8, 4) is 5.75 Å². The second kappa shape index (κ2) is 8.82. The summed E-state index contributed by atoms with van der Waals surface area (Å²) in [5, 5.41) is 13.6. The maximum atomic E-state index is 12.1. The molecule has 1 amide bonds. The number of ether oxygens (including phenoxy) is 1. The van der Waals surface area contributed by atoms with Gasteiger partial charge >= 0.3 is 0 Å². The first-order chi connectivity index (χ1) is 12.0. The molecule has 0 aliphatic rings. The fraction of sp³-hybridized carbons (Fsp3) is 0.316. The molecule has 0 unspecified atom stereocenters. The lowest BCUT2D eigenvalue weighted by atomic mass is 10.1. The normalized spacial score (nSPS) is 10.3. The van der Waals surface area contributed by atoms with E-state index in [1.54, 1.807) is 13.0 Å². The van der Waals surface area contributed by atoms with Gasteiger partial charge in [0.2, 0.25) is 0 Å². The molecule has 0 saturated carbocycles. The first-order valence-electron chi connectivity index (χ1n) is 8.26. The molecule has 0 aromatic heterocycles. The number of hydrogen-bond acceptors (Lipinski definition) is 4. The number of hydrogen-bond donors (Lipinski definition) is 1. The van der Waals surface area contributed by atoms with Crippen LogP contribution in [0, 0.1) is 17.0 Å². The highest BCUT2D eigenvalue weighted by Crippen LogP contribution is 2.18. The average Bonchev–Trinajstić information content (AvgIpc) is 2.59. The Kier molecular flexibility index (Phi) is 6.51. The molecule has 25 heavy (non-hydrogen) atoms. The molecule has 6 heteroatoms. The summed E-state index contributed by atoms with van der Waals surface area (Å²) in [6, 6.07) is 12.3. The molecule has 0 saturated heterocycles. The molecule has 0 fully saturated rings. The van der Waals surface area contributed by atoms with Crippen LogP contribution in [0.25, 0.3) is 0 Å². The van der Waals surface area contributed by atoms with Crippen LogP contribution in [0.5, 0.6) is 5.75 Å². The van der Waals surface area contributed by atoms with Gasteiger partial charge in [-0.25, -0.2) is 0 Å². The van der Waals surface area contributed by atoms with Gasteiger partial charge in [0.05, 0.1) is 11.5 Å². The summed E-state index contributed by atoms with van der Waals surface area (Å²) >= 11 is 0. The molecular formula is C19H22N2O4. The zero-order valence-electron chi connectivity index (χ0n) is 14.5. The van der Waals surface area contributed by atoms with Crippen LogP contribution in [0.2, 0.25) is 0 Å². The Morgan fingerprint density at radius 2 is 1.92 bits per heavy atom. The molecule has 0 aliphatic carbocycles. The maximum absolute atomic E-state index is 12.1. The van der Waals surface area contributed by atoms with Crippen LogP contribution in [0.3, 0.4) is 0 Å². The fourth-order valence-electron chi connectivity index (χ4n) is 2.52. The fourth-order valence-corrected chi connectivity index (χ4v) is 2.52. The number of aryl methyl sites for hydroxylation is 2. The smallest absolute Gasteiger partial charge is 0.272 e. The number of carbonyl (C=O) groups excluding carboxylic acids is 1. The molecule has 1 N–H and O–H groups in total. The SMILES string of the molecule is CCOc1ccc(CCCNC(=O)c2ccc([N+](=O)[O-])c(C)c2)cc1. The summed E-state index contributed by atoms with van der Waals surface area (Å²) in [7, 11) is 0. The monoisotopic (exact) mass is 342 g/mol. The molecule has 0 heterocycles. The van der Waals surface area contributed by atoms with E-state index in [9.17, 15) is 14.9 Å². The molecule has 0 aliphatic heterocycles. The van der Waals surface area contributed by atoms with E-state index in [-0.39, 0.29) is 11.6 Å². The third-order valence-corrected chi connectivity index (χ3v) is 3.82. The third-order valence-electron chi connectivity index (χ3n) is 3.82. The Morgan fingerprint density at radius 3 is 2.52 bits per heavy atom. The predicted molar refractivity (Wildman–Crippen MR) is 96.1 cm³/mol. The van der Waals surface area contributed by atoms with Crippen LogP contribution >= 0.6 is 0 Å². The van der Waals surface area contributed by atoms with Crippen molar-refractivity contribution in [1.82, 2.24) is 5.32 Å². The van der Waals surface area contributed by atoms with Gasteiger partial charge in [-0.05, 0) is 56.5 Å². The van der Waals surface area contributed by atoms with Gasteiger partial charge in [0.25, 0.3) is 11.6 Å². The van der Waals surface area contributed by atoms with Crippen LogP contribution in [0.1, 0.15) is 34.8 Å². The number of amides is 1. The number of rotatable bonds is 8. The molecule has 6 nitrogen and oxygen atoms in total. The van der Waals surface area contributed by atoms with Gasteiger partial charge in [-0.2, -0.15) is 0 Å². The maximum Gasteiger partial charge on any atom is 0.272 e. The quantitative estimate of drug-likeness (QED) is 0.451. The van der Waals surface area contributed by atoms with E-state index in [2.05, 4.69) is 5.32 Å². The van der Waals surface area contributed by atoms with Gasteiger partial charge < -0.3 is 10.1 Å². The summed E-state index contributed by atoms with van der Waals surface area (Å²) in [6.07, 6.45) is 1.66. The minimum atomic E-state index is -0.451. The molecule has 2 aromatic rings. The highest BCUT2D eigenvalue weighted by atomic mass is 16.6. The van der Waals surface area contributed by atoms with Crippen molar-refractivity contribution in [1.29, 1.82) is 0 Å². The third kappa shape index (κ3) is 5.31. The molecule has 2 aromatic carbocycles. The highest BCUT2D eigenvalue weighted by molar-refractivity contribution is 5.94. The Hall–Kier alpha value is -2.89. The topological polar surface area (TPSA) is 81.5 Å². The first kappa shape index (κ1) is 18.4. The van der Waals surface area contributed by atoms with E-state index in [4.69, 9.17) is 4.74 Å². The highest BCUT2D eigenvalue weighted by Gasteiger charge is 2.13. The number of benzene rings is 2. The standard InChI is InChI=1S/C19H22N2O4/c1-3-25-17-9-6-15(7-10-17)5-4-12-20-19(22)16-8-11-18(21(23)24)14(2)13-16/h6-11,13H,3-5,12H2,1-2H3,(H,20,22). The summed E-state index contributed by atoms with van der Waals surface area (Å²) in [4.78, 5) is 22.5. The molecular weight excluding hydrogens is 320 g/mol. The van der Waals surface area contributed by atoms with Crippen molar-refractivity contribution < 1.29 is 14.5 Å². The largest absolute Gasteiger partial charge is 0.494 e. The zero-order valence-corrected chi connectivity index (χ0v) is 14.5. The van der Waals surface area contributed by atoms with E-state index in [1.165, 1.54) is 17.7 Å². The van der Waals surface area contributed by atoms with Gasteiger partial charge in [0.15, 0.2) is 0 Å². The molecule has 0 bridgehead atoms. The average molecular weight is 342 g/mol. The van der Waals surface area contributed by atoms with Crippen LogP contribution in [0.15, 0.2) is 42.5 Å². The molecule has 2 rings (SSSR count). The van der Waals surface area contributed by atoms with Crippen molar-refractivity contribution in [2.75, 3.05) is 13.2 Å². The summed E-state index contributed by atoms with van der Waals surface area (Å²) < 4.78 is 5.40. The van der Waals surface area contributed by atoms with Gasteiger partial charge in [0, 0.05) is 23.7 Å². The Labute approximate surface area is 147 Å². The van der Waals surface area contributed by atoms with E-state index in [1.807, 2.05) is 31.2 Å². The lowest BCUT2D eigenvalue weighted by molar-refractivity contribution is -0.385. The number of carbonyl (C=O) groups is 1. The number of nitro groups is 1. The molecule has 0 spiro atoms. The second-order valence-corrected chi connectivity index (χ2v) is 5.69. The van der Waals surface area contributed by atoms with E-state index in [0.717, 1.165) is 18.6 Å². The van der Waals surface area contributed by atoms with Crippen molar-refractivity contribution >= 4 is 11.6 Å². The lowest BCUT2D eigenvalue weighted by Crippen LogP contribution is -2.24. The minimum absolute atomic E-state index is 0.0204. The van der Waals surface area contributed by atoms with Crippen molar-refractivity contribution in [2.24, 2.45) is 0 Å². The van der Waals surface area contributed by atoms with Crippen LogP contribution < -0.4 is 10.1 Å². The summed E-state index contributed by atoms with van der Waals surface area (Å²) in [5.74, 6) is 0.637. The summed E-state index contributed by atoms with van der Waals surface area (Å²) in [5.41, 5.74) is 2.12. The van der Waals surface area contributed by atoms with Crippen molar-refractivity contribution in [3.05, 3.63) is 69.3 Å². The summed E-state index contributed by atoms with van der Waals surface area (Å²) in [6.45, 7) is 4.76. The minimum Gasteiger partial charge on any atom is -0.494 e. The zero-order chi connectivity index (χ0) is 18.2. The van der Waals surface area contributed by atoms with Gasteiger partial charge in [-0.1, -0.05) is 12.1 Å². The van der Waals surface area contributed by atoms with E-state index in [0.29, 0.717) is 24.3 Å². The van der Waals surface area contributed by atoms with Crippen LogP contribution in [-0.2, 0) is 6.42 Å². The van der Waals surface area contributed by atoms with Crippen molar-refractivity contribution in [2.45, 2.75) is 26.7 Å². The number of nitrogens with one attached hydrogen (secondary N) is 1. The second-order valence-electron chi connectivity index (χ2n) is 5.69. The number of nitro benzene ring substituents is 1. The van der Waals surface area contributed by atoms with Gasteiger partial charge in [-0.3, -0.25) is 14.9 Å². The Morgan fingerprint density at radius 1 is 1.20 bits per heavy atom. The molecule has 132 valence electrons. The Balaban J connectivity index is 1.80. The lowest BCUT2D eigenvalue weighted by Gasteiger charge is -2.07. The van der Waals surface area contributed by atoms with Crippen LogP contribution in [-0.4, -0.2) is 24.0 Å². The van der Waals surface area contributed by atoms with Crippen molar-refractivity contribution in [3.63, 3.8) is 0 Å². The first-order valence-corrected chi connectivity index (χ1v) is 8.26. The van der Waals surface area contributed by atoms with Crippen LogP contribution in [0.4, 0.5) is 5.69 Å². The van der Waals surface area contributed by atoms with Gasteiger partial charge in [-0.15, -0.1) is 0 Å². The molecule has 0 atom stereocenters. The predicted octanol–water partition coefficient (Wildman–Crippen LogP) is 3.66. The van der Waals surface area contributed by atoms with E-state index >= 15 is 0 Å².